The van der Waals surface area contributed by atoms with Gasteiger partial charge in [-0.1, -0.05) is 49.4 Å². The van der Waals surface area contributed by atoms with Crippen LogP contribution in [0, 0.1) is 28.5 Å². The number of hydrogen-bond acceptors (Lipinski definition) is 8. The summed E-state index contributed by atoms with van der Waals surface area (Å²) in [5.74, 6) is -0.588. The largest absolute Gasteiger partial charge is 0.377 e. The Kier molecular flexibility index (Phi) is 6.78. The first kappa shape index (κ1) is 24.9. The Morgan fingerprint density at radius 3 is 2.61 bits per heavy atom. The SMILES string of the molecule is [2H][C@](Nc1cc(F)c2ncc(C#N)c(N[C@H](CC)c3ccccc3)c2c1)(C1=CN(C2CC2)NN1)c1cccc(C#N)c1. The molecule has 4 N–H and O–H groups in total. The predicted octanol–water partition coefficient (Wildman–Crippen LogP) is 6.16. The number of anilines is 2. The Bertz CT molecular complexity index is 1760. The minimum atomic E-state index is -1.62. The zero-order chi connectivity index (χ0) is 29.3. The van der Waals surface area contributed by atoms with Gasteiger partial charge in [-0.15, -0.1) is 5.53 Å². The van der Waals surface area contributed by atoms with Gasteiger partial charge in [0.25, 0.3) is 0 Å². The van der Waals surface area contributed by atoms with Crippen molar-refractivity contribution in [1.82, 2.24) is 21.0 Å². The number of nitrogens with zero attached hydrogens (tertiary/aromatic N) is 4. The van der Waals surface area contributed by atoms with Gasteiger partial charge in [-0.2, -0.15) is 10.5 Å². The summed E-state index contributed by atoms with van der Waals surface area (Å²) in [4.78, 5) is 4.26. The van der Waals surface area contributed by atoms with Gasteiger partial charge in [-0.25, -0.2) is 4.39 Å². The average Bonchev–Trinajstić information content (AvgIpc) is 3.75. The lowest BCUT2D eigenvalue weighted by Gasteiger charge is -2.23. The molecule has 0 amide bonds. The van der Waals surface area contributed by atoms with Crippen LogP contribution < -0.4 is 21.6 Å². The molecule has 1 saturated carbocycles. The van der Waals surface area contributed by atoms with Crippen LogP contribution >= 0.6 is 0 Å². The number of fused-ring (bicyclic) bond motifs is 1. The number of nitriles is 2. The van der Waals surface area contributed by atoms with E-state index in [1.807, 2.05) is 48.5 Å². The van der Waals surface area contributed by atoms with E-state index in [0.717, 1.165) is 24.8 Å². The van der Waals surface area contributed by atoms with Gasteiger partial charge in [0, 0.05) is 29.5 Å². The summed E-state index contributed by atoms with van der Waals surface area (Å²) in [5.41, 5.74) is 9.83. The van der Waals surface area contributed by atoms with Crippen LogP contribution in [0.1, 0.15) is 61.9 Å². The maximum Gasteiger partial charge on any atom is 0.151 e. The maximum absolute atomic E-state index is 15.7. The van der Waals surface area contributed by atoms with E-state index in [0.29, 0.717) is 39.6 Å². The number of hydrazine groups is 2. The minimum absolute atomic E-state index is 0.117. The molecule has 1 aromatic heterocycles. The van der Waals surface area contributed by atoms with E-state index in [1.165, 1.54) is 12.3 Å². The monoisotopic (exact) mass is 545 g/mol. The molecule has 9 heteroatoms. The smallest absolute Gasteiger partial charge is 0.151 e. The molecule has 0 saturated heterocycles. The second-order valence-corrected chi connectivity index (χ2v) is 10.1. The van der Waals surface area contributed by atoms with Crippen LogP contribution in [0.4, 0.5) is 15.8 Å². The van der Waals surface area contributed by atoms with Crippen LogP contribution in [0.5, 0.6) is 0 Å². The zero-order valence-electron chi connectivity index (χ0n) is 23.4. The molecule has 0 spiro atoms. The summed E-state index contributed by atoms with van der Waals surface area (Å²) in [6.07, 6.45) is 6.04. The molecule has 1 aliphatic carbocycles. The Labute approximate surface area is 239 Å². The molecule has 2 atom stereocenters. The number of halogens is 1. The van der Waals surface area contributed by atoms with Crippen molar-refractivity contribution >= 4 is 22.3 Å². The number of benzene rings is 3. The third kappa shape index (κ3) is 5.36. The summed E-state index contributed by atoms with van der Waals surface area (Å²) in [6, 6.07) is 22.6. The first-order valence-electron chi connectivity index (χ1n) is 14.1. The van der Waals surface area contributed by atoms with Gasteiger partial charge in [0.05, 0.1) is 42.0 Å². The summed E-state index contributed by atoms with van der Waals surface area (Å²) in [6.45, 7) is 2.04. The van der Waals surface area contributed by atoms with Crippen LogP contribution in [0.15, 0.2) is 84.8 Å². The molecule has 41 heavy (non-hydrogen) atoms. The van der Waals surface area contributed by atoms with Gasteiger partial charge >= 0.3 is 0 Å². The van der Waals surface area contributed by atoms with Crippen molar-refractivity contribution in [3.05, 3.63) is 113 Å². The van der Waals surface area contributed by atoms with Gasteiger partial charge in [0.2, 0.25) is 0 Å². The van der Waals surface area contributed by atoms with Crippen molar-refractivity contribution in [2.45, 2.75) is 44.3 Å². The average molecular weight is 546 g/mol. The number of rotatable bonds is 9. The Morgan fingerprint density at radius 2 is 1.88 bits per heavy atom. The van der Waals surface area contributed by atoms with Crippen molar-refractivity contribution in [1.29, 1.82) is 10.5 Å². The standard InChI is InChI=1S/C32H29FN8/c1-2-28(21-8-4-3-5-9-21)38-30-23(17-35)18-36-32-26(30)14-24(15-27(32)33)37-31(22-10-6-7-20(13-22)16-34)29-19-41(40-39-29)25-11-12-25/h3-10,13-15,18-19,25,28,31,37,39-40H,2,11-12H2,1H3,(H,36,38)/t28-,31-/m1/s1/i31D. The Balaban J connectivity index is 1.45. The van der Waals surface area contributed by atoms with Gasteiger partial charge in [0.15, 0.2) is 5.82 Å². The Morgan fingerprint density at radius 1 is 1.07 bits per heavy atom. The van der Waals surface area contributed by atoms with Gasteiger partial charge in [-0.05, 0) is 54.7 Å². The topological polar surface area (TPSA) is 112 Å². The van der Waals surface area contributed by atoms with Crippen LogP contribution in [0.2, 0.25) is 0 Å². The molecule has 204 valence electrons. The highest BCUT2D eigenvalue weighted by atomic mass is 19.1. The van der Waals surface area contributed by atoms with Crippen molar-refractivity contribution in [3.8, 4) is 12.1 Å². The van der Waals surface area contributed by atoms with Crippen molar-refractivity contribution < 1.29 is 5.76 Å². The Hall–Kier alpha value is -5.12. The third-order valence-corrected chi connectivity index (χ3v) is 7.32. The van der Waals surface area contributed by atoms with Gasteiger partial charge in [-0.3, -0.25) is 9.99 Å². The summed E-state index contributed by atoms with van der Waals surface area (Å²) in [7, 11) is 0. The van der Waals surface area contributed by atoms with Crippen LogP contribution in [-0.2, 0) is 0 Å². The lowest BCUT2D eigenvalue weighted by atomic mass is 10.0. The van der Waals surface area contributed by atoms with Gasteiger partial charge < -0.3 is 16.1 Å². The molecule has 8 nitrogen and oxygen atoms in total. The highest BCUT2D eigenvalue weighted by Gasteiger charge is 2.32. The molecule has 2 heterocycles. The summed E-state index contributed by atoms with van der Waals surface area (Å²) in [5, 5.41) is 28.5. The number of hydrogen-bond donors (Lipinski definition) is 4. The second-order valence-electron chi connectivity index (χ2n) is 10.1. The van der Waals surface area contributed by atoms with E-state index in [2.05, 4.69) is 38.7 Å². The van der Waals surface area contributed by atoms with Crippen LogP contribution in [-0.4, -0.2) is 16.0 Å². The molecule has 6 rings (SSSR count). The number of nitrogens with one attached hydrogen (secondary N) is 4. The van der Waals surface area contributed by atoms with E-state index in [4.69, 9.17) is 0 Å². The predicted molar refractivity (Wildman–Crippen MR) is 156 cm³/mol. The summed E-state index contributed by atoms with van der Waals surface area (Å²) < 4.78 is 25.3. The van der Waals surface area contributed by atoms with Crippen LogP contribution in [0.25, 0.3) is 10.9 Å². The van der Waals surface area contributed by atoms with E-state index in [-0.39, 0.29) is 17.1 Å². The van der Waals surface area contributed by atoms with Crippen LogP contribution in [0.3, 0.4) is 0 Å². The maximum atomic E-state index is 15.7. The first-order chi connectivity index (χ1) is 20.4. The minimum Gasteiger partial charge on any atom is -0.377 e. The molecule has 0 radical (unpaired) electrons. The lowest BCUT2D eigenvalue weighted by molar-refractivity contribution is 0.260. The number of pyridine rings is 1. The molecular formula is C32H29FN8. The van der Waals surface area contributed by atoms with E-state index < -0.39 is 11.8 Å². The number of aromatic nitrogens is 1. The molecular weight excluding hydrogens is 515 g/mol. The second kappa shape index (κ2) is 11.2. The third-order valence-electron chi connectivity index (χ3n) is 7.32. The fourth-order valence-corrected chi connectivity index (χ4v) is 5.04. The van der Waals surface area contributed by atoms with E-state index in [9.17, 15) is 11.9 Å². The highest BCUT2D eigenvalue weighted by Crippen LogP contribution is 2.36. The molecule has 3 aromatic carbocycles. The van der Waals surface area contributed by atoms with Crippen molar-refractivity contribution in [2.24, 2.45) is 0 Å². The molecule has 1 fully saturated rings. The lowest BCUT2D eigenvalue weighted by Crippen LogP contribution is -2.38. The van der Waals surface area contributed by atoms with Crippen molar-refractivity contribution in [3.63, 3.8) is 0 Å². The fourth-order valence-electron chi connectivity index (χ4n) is 5.04. The molecule has 4 aromatic rings. The molecule has 2 aliphatic rings. The quantitative estimate of drug-likeness (QED) is 0.198. The molecule has 0 bridgehead atoms. The van der Waals surface area contributed by atoms with Crippen molar-refractivity contribution in [2.75, 3.05) is 10.6 Å². The van der Waals surface area contributed by atoms with Gasteiger partial charge in [0.1, 0.15) is 11.6 Å². The summed E-state index contributed by atoms with van der Waals surface area (Å²) >= 11 is 0. The van der Waals surface area contributed by atoms with E-state index >= 15 is 4.39 Å². The fraction of sp³-hybridized carbons (Fsp3) is 0.219. The van der Waals surface area contributed by atoms with E-state index in [1.54, 1.807) is 30.3 Å². The normalized spacial score (nSPS) is 16.9. The zero-order valence-corrected chi connectivity index (χ0v) is 22.4. The first-order valence-corrected chi connectivity index (χ1v) is 13.6. The molecule has 1 aliphatic heterocycles. The molecule has 0 unspecified atom stereocenters. The highest BCUT2D eigenvalue weighted by molar-refractivity contribution is 5.96.